The molecule has 1 fully saturated rings. The molecule has 8 heteroatoms. The van der Waals surface area contributed by atoms with Crippen molar-refractivity contribution in [1.82, 2.24) is 14.3 Å². The van der Waals surface area contributed by atoms with Crippen LogP contribution in [-0.4, -0.2) is 48.9 Å². The fourth-order valence-electron chi connectivity index (χ4n) is 4.86. The third-order valence-corrected chi connectivity index (χ3v) is 9.73. The normalized spacial score (nSPS) is 18.2. The largest absolute Gasteiger partial charge is 0.353 e. The fraction of sp³-hybridized carbons (Fsp3) is 0.478. The highest BCUT2D eigenvalue weighted by atomic mass is 32.2. The molecule has 0 bridgehead atoms. The second-order valence-corrected chi connectivity index (χ2v) is 11.6. The number of anilines is 1. The zero-order chi connectivity index (χ0) is 21.6. The van der Waals surface area contributed by atoms with Gasteiger partial charge in [-0.05, 0) is 56.7 Å². The molecule has 6 nitrogen and oxygen atoms in total. The third kappa shape index (κ3) is 3.75. The van der Waals surface area contributed by atoms with Crippen molar-refractivity contribution in [3.05, 3.63) is 46.1 Å². The minimum absolute atomic E-state index is 0.416. The van der Waals surface area contributed by atoms with Crippen molar-refractivity contribution < 1.29 is 8.42 Å². The molecule has 0 spiro atoms. The molecule has 2 aromatic heterocycles. The van der Waals surface area contributed by atoms with Gasteiger partial charge < -0.3 is 4.90 Å². The van der Waals surface area contributed by atoms with Crippen LogP contribution in [0.15, 0.2) is 29.4 Å². The standard InChI is InChI=1S/C23H28N4O2S2/c1-16-8-9-20(17(2)14-16)31(28,29)27-12-10-26(11-13-27)22-21-18-6-4-3-5-7-19(18)30-23(21)25-15-24-22/h8-9,14-15H,3-7,10-13H2,1-2H3. The first kappa shape index (κ1) is 20.8. The van der Waals surface area contributed by atoms with Crippen LogP contribution in [0.2, 0.25) is 0 Å². The van der Waals surface area contributed by atoms with Gasteiger partial charge in [0, 0.05) is 31.1 Å². The van der Waals surface area contributed by atoms with Crippen molar-refractivity contribution in [2.75, 3.05) is 31.1 Å². The van der Waals surface area contributed by atoms with Crippen molar-refractivity contribution in [3.63, 3.8) is 0 Å². The number of piperazine rings is 1. The van der Waals surface area contributed by atoms with Crippen LogP contribution in [0.5, 0.6) is 0 Å². The highest BCUT2D eigenvalue weighted by molar-refractivity contribution is 7.89. The summed E-state index contributed by atoms with van der Waals surface area (Å²) in [6.45, 7) is 6.06. The van der Waals surface area contributed by atoms with Gasteiger partial charge in [0.05, 0.1) is 10.3 Å². The van der Waals surface area contributed by atoms with Crippen molar-refractivity contribution in [1.29, 1.82) is 0 Å². The van der Waals surface area contributed by atoms with Crippen molar-refractivity contribution in [2.24, 2.45) is 0 Å². The average Bonchev–Trinajstić information content (AvgIpc) is 2.95. The molecule has 0 atom stereocenters. The van der Waals surface area contributed by atoms with Crippen molar-refractivity contribution in [3.8, 4) is 0 Å². The van der Waals surface area contributed by atoms with Gasteiger partial charge in [-0.3, -0.25) is 0 Å². The van der Waals surface area contributed by atoms with Gasteiger partial charge in [-0.25, -0.2) is 18.4 Å². The summed E-state index contributed by atoms with van der Waals surface area (Å²) in [4.78, 5) is 14.4. The summed E-state index contributed by atoms with van der Waals surface area (Å²) in [5, 5.41) is 1.20. The minimum Gasteiger partial charge on any atom is -0.353 e. The highest BCUT2D eigenvalue weighted by Crippen LogP contribution is 2.39. The number of hydrogen-bond acceptors (Lipinski definition) is 6. The maximum absolute atomic E-state index is 13.2. The van der Waals surface area contributed by atoms with Crippen LogP contribution in [0, 0.1) is 13.8 Å². The number of sulfonamides is 1. The first-order chi connectivity index (χ1) is 14.9. The number of aromatic nitrogens is 2. The predicted molar refractivity (Wildman–Crippen MR) is 126 cm³/mol. The van der Waals surface area contributed by atoms with E-state index in [0.717, 1.165) is 34.6 Å². The van der Waals surface area contributed by atoms with E-state index >= 15 is 0 Å². The summed E-state index contributed by atoms with van der Waals surface area (Å²) in [5.41, 5.74) is 3.31. The summed E-state index contributed by atoms with van der Waals surface area (Å²) in [7, 11) is -3.49. The molecule has 0 unspecified atom stereocenters. The third-order valence-electron chi connectivity index (χ3n) is 6.47. The Kier molecular flexibility index (Phi) is 5.48. The summed E-state index contributed by atoms with van der Waals surface area (Å²) in [5.74, 6) is 0.980. The highest BCUT2D eigenvalue weighted by Gasteiger charge is 2.31. The van der Waals surface area contributed by atoms with E-state index in [1.54, 1.807) is 16.7 Å². The van der Waals surface area contributed by atoms with Crippen molar-refractivity contribution >= 4 is 37.4 Å². The van der Waals surface area contributed by atoms with E-state index in [1.165, 1.54) is 35.1 Å². The molecule has 0 saturated carbocycles. The first-order valence-electron chi connectivity index (χ1n) is 11.0. The Morgan fingerprint density at radius 1 is 0.968 bits per heavy atom. The van der Waals surface area contributed by atoms with E-state index in [9.17, 15) is 8.42 Å². The zero-order valence-electron chi connectivity index (χ0n) is 18.1. The summed E-state index contributed by atoms with van der Waals surface area (Å²) in [6.07, 6.45) is 7.63. The lowest BCUT2D eigenvalue weighted by molar-refractivity contribution is 0.384. The van der Waals surface area contributed by atoms with Crippen LogP contribution in [0.4, 0.5) is 5.82 Å². The molecule has 3 heterocycles. The molecule has 3 aromatic rings. The van der Waals surface area contributed by atoms with E-state index in [0.29, 0.717) is 31.1 Å². The lowest BCUT2D eigenvalue weighted by Gasteiger charge is -2.35. The minimum atomic E-state index is -3.49. The topological polar surface area (TPSA) is 66.4 Å². The first-order valence-corrected chi connectivity index (χ1v) is 13.3. The van der Waals surface area contributed by atoms with Crippen LogP contribution < -0.4 is 4.90 Å². The van der Waals surface area contributed by atoms with Gasteiger partial charge in [0.25, 0.3) is 0 Å². The molecule has 31 heavy (non-hydrogen) atoms. The van der Waals surface area contributed by atoms with E-state index in [-0.39, 0.29) is 0 Å². The van der Waals surface area contributed by atoms with Crippen LogP contribution in [0.3, 0.4) is 0 Å². The Labute approximate surface area is 188 Å². The molecule has 5 rings (SSSR count). The molecule has 0 N–H and O–H groups in total. The van der Waals surface area contributed by atoms with Crippen molar-refractivity contribution in [2.45, 2.75) is 50.8 Å². The number of thiophene rings is 1. The smallest absolute Gasteiger partial charge is 0.243 e. The number of benzene rings is 1. The van der Waals surface area contributed by atoms with Gasteiger partial charge >= 0.3 is 0 Å². The SMILES string of the molecule is Cc1ccc(S(=O)(=O)N2CCN(c3ncnc4sc5c(c34)CCCCC5)CC2)c(C)c1. The van der Waals surface area contributed by atoms with Gasteiger partial charge in [0.15, 0.2) is 0 Å². The van der Waals surface area contributed by atoms with Gasteiger partial charge in [-0.15, -0.1) is 11.3 Å². The van der Waals surface area contributed by atoms with Gasteiger partial charge in [0.2, 0.25) is 10.0 Å². The molecule has 1 aliphatic heterocycles. The summed E-state index contributed by atoms with van der Waals surface area (Å²) in [6, 6.07) is 5.54. The Morgan fingerprint density at radius 2 is 1.74 bits per heavy atom. The second kappa shape index (κ2) is 8.15. The number of hydrogen-bond donors (Lipinski definition) is 0. The Balaban J connectivity index is 1.41. The molecular formula is C23H28N4O2S2. The predicted octanol–water partition coefficient (Wildman–Crippen LogP) is 4.09. The van der Waals surface area contributed by atoms with Crippen LogP contribution in [0.25, 0.3) is 10.2 Å². The van der Waals surface area contributed by atoms with E-state index in [1.807, 2.05) is 37.3 Å². The van der Waals surface area contributed by atoms with E-state index in [2.05, 4.69) is 14.9 Å². The lowest BCUT2D eigenvalue weighted by Crippen LogP contribution is -2.49. The van der Waals surface area contributed by atoms with E-state index in [4.69, 9.17) is 0 Å². The van der Waals surface area contributed by atoms with Crippen LogP contribution in [0.1, 0.15) is 40.8 Å². The Bertz CT molecular complexity index is 1230. The van der Waals surface area contributed by atoms with Crippen LogP contribution in [-0.2, 0) is 22.9 Å². The molecule has 0 amide bonds. The monoisotopic (exact) mass is 456 g/mol. The number of fused-ring (bicyclic) bond motifs is 3. The summed E-state index contributed by atoms with van der Waals surface area (Å²) >= 11 is 1.81. The molecule has 1 aliphatic carbocycles. The maximum atomic E-state index is 13.2. The Hall–Kier alpha value is -2.03. The molecule has 164 valence electrons. The van der Waals surface area contributed by atoms with Crippen LogP contribution >= 0.6 is 11.3 Å². The number of nitrogens with zero attached hydrogens (tertiary/aromatic N) is 4. The quantitative estimate of drug-likeness (QED) is 0.556. The average molecular weight is 457 g/mol. The lowest BCUT2D eigenvalue weighted by atomic mass is 10.1. The van der Waals surface area contributed by atoms with Gasteiger partial charge in [-0.1, -0.05) is 24.1 Å². The Morgan fingerprint density at radius 3 is 2.52 bits per heavy atom. The molecular weight excluding hydrogens is 428 g/mol. The number of rotatable bonds is 3. The van der Waals surface area contributed by atoms with E-state index < -0.39 is 10.0 Å². The fourth-order valence-corrected chi connectivity index (χ4v) is 7.71. The zero-order valence-corrected chi connectivity index (χ0v) is 19.7. The maximum Gasteiger partial charge on any atom is 0.243 e. The molecule has 1 saturated heterocycles. The number of aryl methyl sites for hydroxylation is 4. The van der Waals surface area contributed by atoms with Gasteiger partial charge in [0.1, 0.15) is 17.0 Å². The van der Waals surface area contributed by atoms with Gasteiger partial charge in [-0.2, -0.15) is 4.31 Å². The second-order valence-electron chi connectivity index (χ2n) is 8.60. The molecule has 0 radical (unpaired) electrons. The molecule has 2 aliphatic rings. The summed E-state index contributed by atoms with van der Waals surface area (Å²) < 4.78 is 28.1. The molecule has 1 aromatic carbocycles.